The van der Waals surface area contributed by atoms with E-state index in [4.69, 9.17) is 18.9 Å². The van der Waals surface area contributed by atoms with Crippen LogP contribution in [0, 0.1) is 17.8 Å². The molecule has 5 fully saturated rings. The van der Waals surface area contributed by atoms with Crippen LogP contribution in [0.5, 0.6) is 0 Å². The monoisotopic (exact) mass is 584 g/mol. The Hall–Kier alpha value is -1.65. The van der Waals surface area contributed by atoms with E-state index in [1.54, 1.807) is 19.1 Å². The van der Waals surface area contributed by atoms with Crippen LogP contribution in [0.3, 0.4) is 0 Å². The lowest BCUT2D eigenvalue weighted by Gasteiger charge is -2.59. The Kier molecular flexibility index (Phi) is 7.57. The Balaban J connectivity index is 1.31. The van der Waals surface area contributed by atoms with Crippen LogP contribution in [0.25, 0.3) is 0 Å². The Morgan fingerprint density at radius 1 is 1.10 bits per heavy atom. The van der Waals surface area contributed by atoms with E-state index in [0.29, 0.717) is 12.0 Å². The second kappa shape index (κ2) is 10.5. The van der Waals surface area contributed by atoms with Gasteiger partial charge in [0, 0.05) is 17.9 Å². The van der Waals surface area contributed by atoms with E-state index in [9.17, 15) is 20.1 Å². The molecule has 3 N–H and O–H groups in total. The molecule has 0 aromatic rings. The lowest BCUT2D eigenvalue weighted by atomic mass is 9.54. The molecule has 3 aliphatic carbocycles. The summed E-state index contributed by atoms with van der Waals surface area (Å²) >= 11 is 0. The van der Waals surface area contributed by atoms with Gasteiger partial charge in [-0.05, 0) is 50.2 Å². The molecule has 0 aromatic heterocycles. The first kappa shape index (κ1) is 30.4. The van der Waals surface area contributed by atoms with Crippen LogP contribution >= 0.6 is 0 Å². The summed E-state index contributed by atoms with van der Waals surface area (Å²) in [4.78, 5) is 13.5. The van der Waals surface area contributed by atoms with Gasteiger partial charge in [-0.1, -0.05) is 83.3 Å². The number of aliphatic hydroxyl groups is 3. The van der Waals surface area contributed by atoms with Crippen LogP contribution in [-0.2, 0) is 23.7 Å². The Morgan fingerprint density at radius 2 is 1.81 bits per heavy atom. The normalized spacial score (nSPS) is 48.4. The number of fused-ring (bicyclic) bond motifs is 3. The minimum Gasteiger partial charge on any atom is -0.393 e. The molecule has 0 aromatic carbocycles. The van der Waals surface area contributed by atoms with Gasteiger partial charge in [-0.15, -0.1) is 0 Å². The van der Waals surface area contributed by atoms with Crippen molar-refractivity contribution in [2.24, 2.45) is 17.8 Å². The van der Waals surface area contributed by atoms with Crippen molar-refractivity contribution >= 4 is 5.78 Å². The third-order valence-electron chi connectivity index (χ3n) is 11.2. The Bertz CT molecular complexity index is 1210. The molecule has 3 aliphatic heterocycles. The number of hydrogen-bond donors (Lipinski definition) is 3. The minimum atomic E-state index is -2.22. The summed E-state index contributed by atoms with van der Waals surface area (Å²) in [5, 5.41) is 34.2. The quantitative estimate of drug-likeness (QED) is 0.134. The molecule has 8 nitrogen and oxygen atoms in total. The predicted octanol–water partition coefficient (Wildman–Crippen LogP) is 4.43. The van der Waals surface area contributed by atoms with Gasteiger partial charge in [0.1, 0.15) is 29.5 Å². The molecule has 232 valence electrons. The van der Waals surface area contributed by atoms with Gasteiger partial charge < -0.3 is 34.3 Å². The minimum absolute atomic E-state index is 0.236. The topological polar surface area (TPSA) is 118 Å². The molecule has 0 unspecified atom stereocenters. The number of allylic oxidation sites excluding steroid dienone is 3. The molecule has 3 bridgehead atoms. The van der Waals surface area contributed by atoms with Gasteiger partial charge in [0.25, 0.3) is 0 Å². The van der Waals surface area contributed by atoms with Crippen LogP contribution in [0.1, 0.15) is 85.5 Å². The summed E-state index contributed by atoms with van der Waals surface area (Å²) in [6.07, 6.45) is 16.9. The second-order valence-corrected chi connectivity index (χ2v) is 13.7. The third kappa shape index (κ3) is 3.95. The van der Waals surface area contributed by atoms with Crippen molar-refractivity contribution in [1.29, 1.82) is 0 Å². The van der Waals surface area contributed by atoms with Crippen molar-refractivity contribution in [3.63, 3.8) is 0 Å². The predicted molar refractivity (Wildman–Crippen MR) is 156 cm³/mol. The number of ketones is 1. The van der Waals surface area contributed by atoms with Gasteiger partial charge in [-0.2, -0.15) is 0 Å². The van der Waals surface area contributed by atoms with Gasteiger partial charge in [-0.3, -0.25) is 4.79 Å². The van der Waals surface area contributed by atoms with Crippen LogP contribution in [-0.4, -0.2) is 74.4 Å². The molecule has 42 heavy (non-hydrogen) atoms. The first-order chi connectivity index (χ1) is 20.0. The molecule has 8 heteroatoms. The van der Waals surface area contributed by atoms with Gasteiger partial charge in [-0.25, -0.2) is 0 Å². The number of aliphatic hydroxyl groups excluding tert-OH is 2. The number of carbonyl (C=O) groups excluding carboxylic acids is 1. The molecule has 2 saturated carbocycles. The first-order valence-electron chi connectivity index (χ1n) is 16.0. The molecule has 3 heterocycles. The maximum Gasteiger partial charge on any atom is 0.306 e. The Labute approximate surface area is 249 Å². The van der Waals surface area contributed by atoms with E-state index < -0.39 is 70.9 Å². The number of ether oxygens (including phenoxy) is 4. The molecule has 0 amide bonds. The largest absolute Gasteiger partial charge is 0.393 e. The highest BCUT2D eigenvalue weighted by atomic mass is 16.9. The van der Waals surface area contributed by atoms with Crippen LogP contribution in [0.4, 0.5) is 0 Å². The molecule has 11 atom stereocenters. The van der Waals surface area contributed by atoms with E-state index in [1.165, 1.54) is 38.5 Å². The van der Waals surface area contributed by atoms with E-state index in [1.807, 2.05) is 26.0 Å². The van der Waals surface area contributed by atoms with Gasteiger partial charge in [0.15, 0.2) is 11.4 Å². The zero-order chi connectivity index (χ0) is 30.1. The molecular formula is C34H48O8. The fourth-order valence-corrected chi connectivity index (χ4v) is 8.98. The van der Waals surface area contributed by atoms with E-state index in [0.717, 1.165) is 18.4 Å². The van der Waals surface area contributed by atoms with Gasteiger partial charge in [0.2, 0.25) is 0 Å². The zero-order valence-electron chi connectivity index (χ0n) is 25.5. The average molecular weight is 585 g/mol. The molecule has 6 rings (SSSR count). The first-order valence-corrected chi connectivity index (χ1v) is 16.0. The Morgan fingerprint density at radius 3 is 2.50 bits per heavy atom. The number of epoxide rings is 1. The van der Waals surface area contributed by atoms with Crippen LogP contribution in [0.15, 0.2) is 48.1 Å². The highest BCUT2D eigenvalue weighted by molar-refractivity contribution is 6.05. The lowest BCUT2D eigenvalue weighted by Crippen LogP contribution is -2.72. The van der Waals surface area contributed by atoms with Crippen molar-refractivity contribution in [2.45, 2.75) is 132 Å². The van der Waals surface area contributed by atoms with Crippen molar-refractivity contribution in [2.75, 3.05) is 6.61 Å². The van der Waals surface area contributed by atoms with Crippen molar-refractivity contribution in [3.8, 4) is 0 Å². The van der Waals surface area contributed by atoms with Gasteiger partial charge >= 0.3 is 5.97 Å². The van der Waals surface area contributed by atoms with Crippen molar-refractivity contribution in [1.82, 2.24) is 0 Å². The number of rotatable bonds is 12. The summed E-state index contributed by atoms with van der Waals surface area (Å²) in [5.41, 5.74) is -4.66. The molecule has 0 spiro atoms. The average Bonchev–Trinajstić information content (AvgIpc) is 3.60. The molecule has 3 saturated heterocycles. The summed E-state index contributed by atoms with van der Waals surface area (Å²) in [7, 11) is 0. The van der Waals surface area contributed by atoms with Gasteiger partial charge in [0.05, 0.1) is 12.2 Å². The molecule has 0 radical (unpaired) electrons. The van der Waals surface area contributed by atoms with E-state index in [-0.39, 0.29) is 5.92 Å². The molecule has 6 aliphatic rings. The SMILES string of the molecule is C=C(C)[C@]12C[C@@H](C)[C@@]34O[C@](/C=C/C=C/CCCCCCCCC)(O[C@@H]1[C@@H]3[C@@H]1O[C@]1(CO)[C@@H](O)[C@]1(O)C(=O)C(C)=C[C@H]14)O2. The highest BCUT2D eigenvalue weighted by Crippen LogP contribution is 2.72. The summed E-state index contributed by atoms with van der Waals surface area (Å²) in [6, 6.07) is 0. The summed E-state index contributed by atoms with van der Waals surface area (Å²) < 4.78 is 26.5. The van der Waals surface area contributed by atoms with Crippen LogP contribution < -0.4 is 0 Å². The number of hydrogen-bond acceptors (Lipinski definition) is 8. The standard InChI is InChI=1S/C34H48O8/c1-6-7-8-9-10-11-12-13-14-15-16-17-32-40-27-25-28-31(20-35,39-28)29(37)33(38)24(18-22(4)26(33)36)34(25,42-32)23(5)19-30(27,41-32)21(2)3/h14-18,23-25,27-29,35,37-38H,2,6-13,19-20H2,1,3-5H3/b15-14+,17-16+/t23-,24-,25-,27-,28+,29-,30-,31+,32-,33-,34+/m1/s1. The lowest BCUT2D eigenvalue weighted by molar-refractivity contribution is -0.406. The van der Waals surface area contributed by atoms with Crippen molar-refractivity contribution in [3.05, 3.63) is 48.1 Å². The molecular weight excluding hydrogens is 536 g/mol. The second-order valence-electron chi connectivity index (χ2n) is 13.7. The summed E-state index contributed by atoms with van der Waals surface area (Å²) in [6.45, 7) is 11.6. The zero-order valence-corrected chi connectivity index (χ0v) is 25.5. The van der Waals surface area contributed by atoms with Crippen LogP contribution in [0.2, 0.25) is 0 Å². The smallest absolute Gasteiger partial charge is 0.306 e. The number of unbranched alkanes of at least 4 members (excludes halogenated alkanes) is 7. The number of carbonyl (C=O) groups is 1. The maximum absolute atomic E-state index is 13.5. The number of Topliss-reactive ketones (excluding diaryl/α,β-unsaturated/α-hetero) is 1. The van der Waals surface area contributed by atoms with E-state index >= 15 is 0 Å². The maximum atomic E-state index is 13.5. The summed E-state index contributed by atoms with van der Waals surface area (Å²) in [5.74, 6) is -3.80. The van der Waals surface area contributed by atoms with Crippen molar-refractivity contribution < 1.29 is 39.1 Å². The fraction of sp³-hybridized carbons (Fsp3) is 0.735. The third-order valence-corrected chi connectivity index (χ3v) is 11.2. The van der Waals surface area contributed by atoms with E-state index in [2.05, 4.69) is 19.6 Å². The fourth-order valence-electron chi connectivity index (χ4n) is 8.98. The highest BCUT2D eigenvalue weighted by Gasteiger charge is 2.88.